The first-order valence-electron chi connectivity index (χ1n) is 7.72. The van der Waals surface area contributed by atoms with Crippen molar-refractivity contribution in [3.8, 4) is 0 Å². The molecule has 0 bridgehead atoms. The highest BCUT2D eigenvalue weighted by Crippen LogP contribution is 2.37. The molecule has 1 heterocycles. The molecule has 1 atom stereocenters. The molecule has 2 aliphatic rings. The number of likely N-dealkylation sites (tertiary alicyclic amines) is 1. The van der Waals surface area contributed by atoms with E-state index >= 15 is 0 Å². The molecule has 4 heteroatoms. The minimum atomic E-state index is -0.509. The van der Waals surface area contributed by atoms with E-state index in [2.05, 4.69) is 17.0 Å². The molecule has 0 aromatic heterocycles. The van der Waals surface area contributed by atoms with Gasteiger partial charge in [-0.05, 0) is 55.3 Å². The molecule has 1 aliphatic heterocycles. The van der Waals surface area contributed by atoms with Crippen LogP contribution in [0, 0.1) is 5.92 Å². The highest BCUT2D eigenvalue weighted by molar-refractivity contribution is 5.90. The van der Waals surface area contributed by atoms with E-state index in [1.54, 1.807) is 11.6 Å². The van der Waals surface area contributed by atoms with Crippen LogP contribution in [0.2, 0.25) is 0 Å². The first kappa shape index (κ1) is 14.3. The van der Waals surface area contributed by atoms with Gasteiger partial charge in [-0.2, -0.15) is 0 Å². The SMILES string of the molecule is O=C(/C=C/c1ccc([C@@H]2CCCN2CC2CC2)cc1)NO. The summed E-state index contributed by atoms with van der Waals surface area (Å²) in [5.41, 5.74) is 3.93. The van der Waals surface area contributed by atoms with Gasteiger partial charge in [0, 0.05) is 18.7 Å². The topological polar surface area (TPSA) is 52.6 Å². The fourth-order valence-electron chi connectivity index (χ4n) is 3.09. The van der Waals surface area contributed by atoms with Crippen molar-refractivity contribution in [2.24, 2.45) is 5.92 Å². The van der Waals surface area contributed by atoms with Crippen LogP contribution in [-0.4, -0.2) is 29.1 Å². The van der Waals surface area contributed by atoms with Gasteiger partial charge in [0.05, 0.1) is 0 Å². The molecular formula is C17H22N2O2. The van der Waals surface area contributed by atoms with Crippen molar-refractivity contribution in [2.45, 2.75) is 31.7 Å². The number of hydrogen-bond acceptors (Lipinski definition) is 3. The Morgan fingerprint density at radius 1 is 1.29 bits per heavy atom. The third kappa shape index (κ3) is 3.71. The van der Waals surface area contributed by atoms with Crippen molar-refractivity contribution in [3.63, 3.8) is 0 Å². The third-order valence-corrected chi connectivity index (χ3v) is 4.41. The van der Waals surface area contributed by atoms with Crippen molar-refractivity contribution < 1.29 is 10.0 Å². The van der Waals surface area contributed by atoms with E-state index in [-0.39, 0.29) is 0 Å². The average molecular weight is 286 g/mol. The van der Waals surface area contributed by atoms with E-state index in [0.717, 1.165) is 11.5 Å². The zero-order valence-corrected chi connectivity index (χ0v) is 12.2. The summed E-state index contributed by atoms with van der Waals surface area (Å²) in [6.45, 7) is 2.47. The smallest absolute Gasteiger partial charge is 0.267 e. The molecule has 1 saturated carbocycles. The lowest BCUT2D eigenvalue weighted by molar-refractivity contribution is -0.124. The highest BCUT2D eigenvalue weighted by atomic mass is 16.5. The van der Waals surface area contributed by atoms with Crippen LogP contribution >= 0.6 is 0 Å². The molecule has 1 saturated heterocycles. The lowest BCUT2D eigenvalue weighted by Gasteiger charge is -2.24. The van der Waals surface area contributed by atoms with Gasteiger partial charge in [-0.1, -0.05) is 24.3 Å². The fraction of sp³-hybridized carbons (Fsp3) is 0.471. The summed E-state index contributed by atoms with van der Waals surface area (Å²) in [5, 5.41) is 8.45. The molecule has 1 amide bonds. The van der Waals surface area contributed by atoms with Crippen molar-refractivity contribution in [3.05, 3.63) is 41.5 Å². The second-order valence-corrected chi connectivity index (χ2v) is 6.07. The lowest BCUT2D eigenvalue weighted by Crippen LogP contribution is -2.25. The Hall–Kier alpha value is -1.65. The third-order valence-electron chi connectivity index (χ3n) is 4.41. The monoisotopic (exact) mass is 286 g/mol. The average Bonchev–Trinajstić information content (AvgIpc) is 3.21. The second-order valence-electron chi connectivity index (χ2n) is 6.07. The van der Waals surface area contributed by atoms with Gasteiger partial charge in [0.1, 0.15) is 0 Å². The van der Waals surface area contributed by atoms with Crippen LogP contribution in [0.4, 0.5) is 0 Å². The van der Waals surface area contributed by atoms with Gasteiger partial charge in [0.25, 0.3) is 5.91 Å². The summed E-state index contributed by atoms with van der Waals surface area (Å²) >= 11 is 0. The largest absolute Gasteiger partial charge is 0.296 e. The summed E-state index contributed by atoms with van der Waals surface area (Å²) < 4.78 is 0. The fourth-order valence-corrected chi connectivity index (χ4v) is 3.09. The van der Waals surface area contributed by atoms with E-state index in [1.165, 1.54) is 50.4 Å². The van der Waals surface area contributed by atoms with Gasteiger partial charge in [0.2, 0.25) is 0 Å². The molecule has 3 rings (SSSR count). The van der Waals surface area contributed by atoms with Crippen LogP contribution in [0.5, 0.6) is 0 Å². The molecule has 1 aliphatic carbocycles. The number of hydrogen-bond donors (Lipinski definition) is 2. The summed E-state index contributed by atoms with van der Waals surface area (Å²) in [6.07, 6.45) is 8.36. The normalized spacial score (nSPS) is 22.8. The number of carbonyl (C=O) groups is 1. The van der Waals surface area contributed by atoms with Crippen molar-refractivity contribution in [1.82, 2.24) is 10.4 Å². The Labute approximate surface area is 125 Å². The predicted molar refractivity (Wildman–Crippen MR) is 81.7 cm³/mol. The molecule has 2 fully saturated rings. The molecular weight excluding hydrogens is 264 g/mol. The minimum Gasteiger partial charge on any atom is -0.296 e. The number of nitrogens with zero attached hydrogens (tertiary/aromatic N) is 1. The highest BCUT2D eigenvalue weighted by Gasteiger charge is 2.31. The number of nitrogens with one attached hydrogen (secondary N) is 1. The molecule has 21 heavy (non-hydrogen) atoms. The van der Waals surface area contributed by atoms with Gasteiger partial charge in [-0.15, -0.1) is 0 Å². The van der Waals surface area contributed by atoms with E-state index < -0.39 is 5.91 Å². The Balaban J connectivity index is 1.65. The van der Waals surface area contributed by atoms with Crippen molar-refractivity contribution in [1.29, 1.82) is 0 Å². The number of carbonyl (C=O) groups excluding carboxylic acids is 1. The molecule has 4 nitrogen and oxygen atoms in total. The number of amides is 1. The Morgan fingerprint density at radius 3 is 2.71 bits per heavy atom. The summed E-state index contributed by atoms with van der Waals surface area (Å²) in [4.78, 5) is 13.6. The molecule has 112 valence electrons. The standard InChI is InChI=1S/C17H22N2O2/c20-17(18-21)10-7-13-5-8-15(9-6-13)16-2-1-11-19(16)12-14-3-4-14/h5-10,14,16,21H,1-4,11-12H2,(H,18,20)/b10-7+/t16-/m0/s1. The van der Waals surface area contributed by atoms with Crippen LogP contribution in [0.15, 0.2) is 30.3 Å². The Kier molecular flexibility index (Phi) is 4.36. The lowest BCUT2D eigenvalue weighted by atomic mass is 10.0. The molecule has 0 spiro atoms. The summed E-state index contributed by atoms with van der Waals surface area (Å²) in [6, 6.07) is 8.94. The maximum Gasteiger partial charge on any atom is 0.267 e. The maximum atomic E-state index is 11.0. The van der Waals surface area contributed by atoms with Gasteiger partial charge < -0.3 is 0 Å². The van der Waals surface area contributed by atoms with Crippen LogP contribution in [0.3, 0.4) is 0 Å². The van der Waals surface area contributed by atoms with E-state index in [0.29, 0.717) is 6.04 Å². The molecule has 0 radical (unpaired) electrons. The van der Waals surface area contributed by atoms with Gasteiger partial charge in [0.15, 0.2) is 0 Å². The van der Waals surface area contributed by atoms with Gasteiger partial charge in [-0.3, -0.25) is 14.9 Å². The van der Waals surface area contributed by atoms with Crippen molar-refractivity contribution in [2.75, 3.05) is 13.1 Å². The molecule has 0 unspecified atom stereocenters. The Morgan fingerprint density at radius 2 is 2.05 bits per heavy atom. The number of benzene rings is 1. The van der Waals surface area contributed by atoms with Crippen molar-refractivity contribution >= 4 is 12.0 Å². The molecule has 1 aromatic carbocycles. The van der Waals surface area contributed by atoms with Crippen LogP contribution < -0.4 is 5.48 Å². The first-order chi connectivity index (χ1) is 10.3. The minimum absolute atomic E-state index is 0.509. The maximum absolute atomic E-state index is 11.0. The zero-order chi connectivity index (χ0) is 14.7. The van der Waals surface area contributed by atoms with Crippen LogP contribution in [-0.2, 0) is 4.79 Å². The predicted octanol–water partition coefficient (Wildman–Crippen LogP) is 2.75. The number of rotatable bonds is 5. The van der Waals surface area contributed by atoms with Crippen LogP contribution in [0.1, 0.15) is 42.9 Å². The summed E-state index contributed by atoms with van der Waals surface area (Å²) in [7, 11) is 0. The van der Waals surface area contributed by atoms with E-state index in [9.17, 15) is 4.79 Å². The van der Waals surface area contributed by atoms with Crippen LogP contribution in [0.25, 0.3) is 6.08 Å². The Bertz CT molecular complexity index is 520. The van der Waals surface area contributed by atoms with Gasteiger partial charge in [-0.25, -0.2) is 5.48 Å². The van der Waals surface area contributed by atoms with Gasteiger partial charge >= 0.3 is 0 Å². The zero-order valence-electron chi connectivity index (χ0n) is 12.2. The van der Waals surface area contributed by atoms with E-state index in [1.807, 2.05) is 12.1 Å². The molecule has 1 aromatic rings. The summed E-state index contributed by atoms with van der Waals surface area (Å²) in [5.74, 6) is 0.426. The first-order valence-corrected chi connectivity index (χ1v) is 7.72. The molecule has 2 N–H and O–H groups in total. The van der Waals surface area contributed by atoms with E-state index in [4.69, 9.17) is 5.21 Å². The second kappa shape index (κ2) is 6.41. The number of hydroxylamine groups is 1. The quantitative estimate of drug-likeness (QED) is 0.497.